The predicted octanol–water partition coefficient (Wildman–Crippen LogP) is 2.83. The zero-order valence-corrected chi connectivity index (χ0v) is 12.1. The van der Waals surface area contributed by atoms with Gasteiger partial charge in [0.2, 0.25) is 0 Å². The van der Waals surface area contributed by atoms with E-state index in [1.165, 1.54) is 17.1 Å². The average molecular weight is 277 g/mol. The molecule has 2 rings (SSSR count). The maximum absolute atomic E-state index is 5.16. The number of benzene rings is 1. The van der Waals surface area contributed by atoms with Crippen molar-refractivity contribution >= 4 is 11.5 Å². The Balaban J connectivity index is 1.94. The molecule has 0 aliphatic heterocycles. The molecule has 0 bridgehead atoms. The third-order valence-corrected chi connectivity index (χ3v) is 3.59. The van der Waals surface area contributed by atoms with Crippen molar-refractivity contribution in [2.24, 2.45) is 0 Å². The van der Waals surface area contributed by atoms with Gasteiger partial charge in [-0.2, -0.15) is 0 Å². The molecule has 1 aromatic carbocycles. The third-order valence-electron chi connectivity index (χ3n) is 3.07. The van der Waals surface area contributed by atoms with E-state index in [2.05, 4.69) is 34.0 Å². The second kappa shape index (κ2) is 7.21. The maximum Gasteiger partial charge on any atom is 0.118 e. The Hall–Kier alpha value is -1.46. The molecule has 2 aromatic rings. The van der Waals surface area contributed by atoms with Gasteiger partial charge in [0.15, 0.2) is 0 Å². The summed E-state index contributed by atoms with van der Waals surface area (Å²) in [5.41, 5.74) is 2.35. The number of methoxy groups -OCH3 is 1. The molecule has 1 atom stereocenters. The topological polar surface area (TPSA) is 47.0 Å². The van der Waals surface area contributed by atoms with Crippen molar-refractivity contribution in [2.75, 3.05) is 13.7 Å². The fourth-order valence-electron chi connectivity index (χ4n) is 2.03. The molecule has 5 heteroatoms. The molecule has 1 aromatic heterocycles. The molecule has 102 valence electrons. The zero-order valence-electron chi connectivity index (χ0n) is 11.3. The SMILES string of the molecule is CCNC(CCc1ccc(OC)cc1)c1csnn1. The number of rotatable bonds is 7. The van der Waals surface area contributed by atoms with Gasteiger partial charge in [0.1, 0.15) is 5.75 Å². The van der Waals surface area contributed by atoms with Crippen LogP contribution in [0.3, 0.4) is 0 Å². The minimum atomic E-state index is 0.283. The summed E-state index contributed by atoms with van der Waals surface area (Å²) in [5.74, 6) is 0.899. The van der Waals surface area contributed by atoms with E-state index >= 15 is 0 Å². The Morgan fingerprint density at radius 1 is 1.32 bits per heavy atom. The lowest BCUT2D eigenvalue weighted by molar-refractivity contribution is 0.414. The summed E-state index contributed by atoms with van der Waals surface area (Å²) in [7, 11) is 1.69. The van der Waals surface area contributed by atoms with Gasteiger partial charge in [-0.3, -0.25) is 0 Å². The van der Waals surface area contributed by atoms with E-state index < -0.39 is 0 Å². The summed E-state index contributed by atoms with van der Waals surface area (Å²) in [6.07, 6.45) is 2.03. The summed E-state index contributed by atoms with van der Waals surface area (Å²) >= 11 is 1.40. The second-order valence-corrected chi connectivity index (χ2v) is 4.94. The molecule has 0 fully saturated rings. The van der Waals surface area contributed by atoms with Crippen LogP contribution in [0.5, 0.6) is 5.75 Å². The highest BCUT2D eigenvalue weighted by molar-refractivity contribution is 7.03. The number of hydrogen-bond donors (Lipinski definition) is 1. The van der Waals surface area contributed by atoms with Gasteiger partial charge in [0, 0.05) is 5.38 Å². The van der Waals surface area contributed by atoms with Crippen molar-refractivity contribution in [3.63, 3.8) is 0 Å². The highest BCUT2D eigenvalue weighted by Gasteiger charge is 2.12. The van der Waals surface area contributed by atoms with Gasteiger partial charge in [-0.15, -0.1) is 5.10 Å². The molecular formula is C14H19N3OS. The van der Waals surface area contributed by atoms with E-state index in [1.807, 2.05) is 17.5 Å². The molecule has 0 amide bonds. The van der Waals surface area contributed by atoms with Gasteiger partial charge in [-0.1, -0.05) is 23.5 Å². The third kappa shape index (κ3) is 4.01. The van der Waals surface area contributed by atoms with Gasteiger partial charge in [-0.25, -0.2) is 0 Å². The van der Waals surface area contributed by atoms with Gasteiger partial charge >= 0.3 is 0 Å². The predicted molar refractivity (Wildman–Crippen MR) is 77.6 cm³/mol. The number of nitrogens with one attached hydrogen (secondary N) is 1. The second-order valence-electron chi connectivity index (χ2n) is 4.33. The van der Waals surface area contributed by atoms with Crippen LogP contribution in [0.15, 0.2) is 29.6 Å². The summed E-state index contributed by atoms with van der Waals surface area (Å²) < 4.78 is 9.10. The first kappa shape index (κ1) is 14.0. The van der Waals surface area contributed by atoms with Crippen molar-refractivity contribution in [1.82, 2.24) is 14.9 Å². The summed E-state index contributed by atoms with van der Waals surface area (Å²) in [6, 6.07) is 8.51. The van der Waals surface area contributed by atoms with Gasteiger partial charge < -0.3 is 10.1 Å². The Labute approximate surface area is 118 Å². The van der Waals surface area contributed by atoms with Gasteiger partial charge in [0.25, 0.3) is 0 Å². The lowest BCUT2D eigenvalue weighted by Gasteiger charge is -2.15. The molecule has 0 saturated carbocycles. The molecule has 0 spiro atoms. The molecule has 1 unspecified atom stereocenters. The van der Waals surface area contributed by atoms with Crippen LogP contribution in [0.25, 0.3) is 0 Å². The fraction of sp³-hybridized carbons (Fsp3) is 0.429. The molecule has 0 saturated heterocycles. The van der Waals surface area contributed by atoms with Crippen LogP contribution in [0, 0.1) is 0 Å². The summed E-state index contributed by atoms with van der Waals surface area (Å²) in [6.45, 7) is 3.05. The van der Waals surface area contributed by atoms with E-state index in [1.54, 1.807) is 7.11 Å². The van der Waals surface area contributed by atoms with Crippen molar-refractivity contribution < 1.29 is 4.74 Å². The lowest BCUT2D eigenvalue weighted by Crippen LogP contribution is -2.21. The zero-order chi connectivity index (χ0) is 13.5. The van der Waals surface area contributed by atoms with Crippen molar-refractivity contribution in [3.05, 3.63) is 40.9 Å². The Kier molecular flexibility index (Phi) is 5.30. The summed E-state index contributed by atoms with van der Waals surface area (Å²) in [4.78, 5) is 0. The number of aryl methyl sites for hydroxylation is 1. The molecule has 19 heavy (non-hydrogen) atoms. The van der Waals surface area contributed by atoms with Crippen LogP contribution in [0.4, 0.5) is 0 Å². The number of hydrogen-bond acceptors (Lipinski definition) is 5. The molecular weight excluding hydrogens is 258 g/mol. The highest BCUT2D eigenvalue weighted by atomic mass is 32.1. The fourth-order valence-corrected chi connectivity index (χ4v) is 2.54. The van der Waals surface area contributed by atoms with Crippen LogP contribution in [0.1, 0.15) is 30.6 Å². The first-order valence-corrected chi connectivity index (χ1v) is 7.30. The molecule has 0 aliphatic carbocycles. The highest BCUT2D eigenvalue weighted by Crippen LogP contribution is 2.19. The van der Waals surface area contributed by atoms with Crippen LogP contribution in [-0.4, -0.2) is 23.2 Å². The normalized spacial score (nSPS) is 12.3. The van der Waals surface area contributed by atoms with Crippen molar-refractivity contribution in [3.8, 4) is 5.75 Å². The Morgan fingerprint density at radius 3 is 2.68 bits per heavy atom. The van der Waals surface area contributed by atoms with Crippen LogP contribution < -0.4 is 10.1 Å². The smallest absolute Gasteiger partial charge is 0.118 e. The Morgan fingerprint density at radius 2 is 2.11 bits per heavy atom. The van der Waals surface area contributed by atoms with E-state index in [-0.39, 0.29) is 6.04 Å². The van der Waals surface area contributed by atoms with Crippen LogP contribution in [0.2, 0.25) is 0 Å². The van der Waals surface area contributed by atoms with E-state index in [4.69, 9.17) is 4.74 Å². The van der Waals surface area contributed by atoms with Gasteiger partial charge in [0.05, 0.1) is 18.8 Å². The number of aromatic nitrogens is 2. The van der Waals surface area contributed by atoms with E-state index in [0.717, 1.165) is 30.8 Å². The molecule has 0 aliphatic rings. The quantitative estimate of drug-likeness (QED) is 0.845. The lowest BCUT2D eigenvalue weighted by atomic mass is 10.0. The molecule has 4 nitrogen and oxygen atoms in total. The van der Waals surface area contributed by atoms with Crippen molar-refractivity contribution in [2.45, 2.75) is 25.8 Å². The minimum absolute atomic E-state index is 0.283. The number of nitrogens with zero attached hydrogens (tertiary/aromatic N) is 2. The van der Waals surface area contributed by atoms with Crippen molar-refractivity contribution in [1.29, 1.82) is 0 Å². The molecule has 1 heterocycles. The monoisotopic (exact) mass is 277 g/mol. The van der Waals surface area contributed by atoms with E-state index in [9.17, 15) is 0 Å². The van der Waals surface area contributed by atoms with E-state index in [0.29, 0.717) is 0 Å². The first-order chi connectivity index (χ1) is 9.33. The first-order valence-electron chi connectivity index (χ1n) is 6.46. The standard InChI is InChI=1S/C14H19N3OS/c1-3-15-13(14-10-19-17-16-14)9-6-11-4-7-12(18-2)8-5-11/h4-5,7-8,10,13,15H,3,6,9H2,1-2H3. The largest absolute Gasteiger partial charge is 0.497 e. The maximum atomic E-state index is 5.16. The summed E-state index contributed by atoms with van der Waals surface area (Å²) in [5, 5.41) is 9.63. The Bertz CT molecular complexity index is 470. The van der Waals surface area contributed by atoms with Gasteiger partial charge in [-0.05, 0) is 48.6 Å². The molecule has 1 N–H and O–H groups in total. The van der Waals surface area contributed by atoms with Crippen LogP contribution in [-0.2, 0) is 6.42 Å². The molecule has 0 radical (unpaired) electrons. The average Bonchev–Trinajstić information content (AvgIpc) is 2.98. The van der Waals surface area contributed by atoms with Crippen LogP contribution >= 0.6 is 11.5 Å². The minimum Gasteiger partial charge on any atom is -0.497 e. The number of ether oxygens (including phenoxy) is 1.